The van der Waals surface area contributed by atoms with E-state index in [-0.39, 0.29) is 24.3 Å². The van der Waals surface area contributed by atoms with Crippen LogP contribution in [0.15, 0.2) is 59.1 Å². The van der Waals surface area contributed by atoms with Crippen LogP contribution in [0.3, 0.4) is 0 Å². The third kappa shape index (κ3) is 5.24. The average Bonchev–Trinajstić information content (AvgIpc) is 3.31. The second-order valence-electron chi connectivity index (χ2n) is 8.73. The number of aromatic nitrogens is 4. The molecule has 0 saturated heterocycles. The van der Waals surface area contributed by atoms with Crippen molar-refractivity contribution in [3.05, 3.63) is 103 Å². The van der Waals surface area contributed by atoms with E-state index in [0.29, 0.717) is 38.8 Å². The Labute approximate surface area is 228 Å². The molecule has 0 N–H and O–H groups in total. The molecule has 200 valence electrons. The van der Waals surface area contributed by atoms with E-state index in [4.69, 9.17) is 16.3 Å². The smallest absolute Gasteiger partial charge is 0.421 e. The van der Waals surface area contributed by atoms with E-state index >= 15 is 4.39 Å². The minimum absolute atomic E-state index is 0.0687. The number of pyridine rings is 3. The summed E-state index contributed by atoms with van der Waals surface area (Å²) < 4.78 is 62.3. The molecule has 39 heavy (non-hydrogen) atoms. The molecule has 0 unspecified atom stereocenters. The highest BCUT2D eigenvalue weighted by atomic mass is 35.5. The highest BCUT2D eigenvalue weighted by molar-refractivity contribution is 7.14. The Morgan fingerprint density at radius 3 is 2.62 bits per heavy atom. The Hall–Kier alpha value is -3.83. The Bertz CT molecular complexity index is 1770. The molecular weight excluding hydrogens is 556 g/mol. The summed E-state index contributed by atoms with van der Waals surface area (Å²) in [6, 6.07) is 8.99. The van der Waals surface area contributed by atoms with Gasteiger partial charge in [0.15, 0.2) is 0 Å². The third-order valence-electron chi connectivity index (χ3n) is 6.20. The average molecular weight is 575 g/mol. The van der Waals surface area contributed by atoms with Crippen molar-refractivity contribution in [2.45, 2.75) is 33.2 Å². The maximum Gasteiger partial charge on any atom is 0.421 e. The van der Waals surface area contributed by atoms with Gasteiger partial charge in [-0.2, -0.15) is 13.2 Å². The van der Waals surface area contributed by atoms with E-state index in [2.05, 4.69) is 15.0 Å². The quantitative estimate of drug-likeness (QED) is 0.205. The summed E-state index contributed by atoms with van der Waals surface area (Å²) in [5.74, 6) is -0.352. The van der Waals surface area contributed by atoms with Crippen LogP contribution in [0.25, 0.3) is 22.2 Å². The molecule has 0 fully saturated rings. The number of rotatable bonds is 6. The van der Waals surface area contributed by atoms with Gasteiger partial charge < -0.3 is 9.30 Å². The van der Waals surface area contributed by atoms with Crippen LogP contribution in [0, 0.1) is 19.7 Å². The monoisotopic (exact) mass is 574 g/mol. The highest BCUT2D eigenvalue weighted by Crippen LogP contribution is 2.37. The summed E-state index contributed by atoms with van der Waals surface area (Å²) in [5, 5.41) is 0.730. The van der Waals surface area contributed by atoms with Crippen LogP contribution in [-0.2, 0) is 19.3 Å². The van der Waals surface area contributed by atoms with Crippen molar-refractivity contribution in [2.75, 3.05) is 0 Å². The lowest BCUT2D eigenvalue weighted by molar-refractivity contribution is -0.138. The Morgan fingerprint density at radius 2 is 1.90 bits per heavy atom. The Balaban J connectivity index is 1.53. The number of aryl methyl sites for hydroxylation is 2. The summed E-state index contributed by atoms with van der Waals surface area (Å²) in [5.41, 5.74) is 2.35. The van der Waals surface area contributed by atoms with Crippen LogP contribution < -0.4 is 10.3 Å². The SMILES string of the molecule is Cc1cc(-c2ncsc2Cl)c2cccc(OCc3c(F)cnc(C)c3Cn3cccc(C(F)(F)F)c3=O)c2n1. The van der Waals surface area contributed by atoms with E-state index in [9.17, 15) is 18.0 Å². The zero-order valence-corrected chi connectivity index (χ0v) is 22.1. The predicted molar refractivity (Wildman–Crippen MR) is 141 cm³/mol. The molecule has 0 bridgehead atoms. The molecule has 0 aliphatic heterocycles. The minimum atomic E-state index is -4.82. The summed E-state index contributed by atoms with van der Waals surface area (Å²) in [6.07, 6.45) is -2.59. The standard InChI is InChI=1S/C27H19ClF4N4O2S/c1-14-9-17(24-25(28)39-13-34-24)16-5-3-7-22(23(16)35-14)38-12-19-18(15(2)33-10-21(19)29)11-36-8-4-6-20(26(36)37)27(30,31)32/h3-10,13H,11-12H2,1-2H3. The van der Waals surface area contributed by atoms with Gasteiger partial charge in [-0.25, -0.2) is 14.4 Å². The van der Waals surface area contributed by atoms with Gasteiger partial charge >= 0.3 is 6.18 Å². The van der Waals surface area contributed by atoms with Crippen molar-refractivity contribution >= 4 is 33.8 Å². The van der Waals surface area contributed by atoms with Crippen molar-refractivity contribution < 1.29 is 22.3 Å². The first-order valence-corrected chi connectivity index (χ1v) is 12.8. The Morgan fingerprint density at radius 1 is 1.10 bits per heavy atom. The largest absolute Gasteiger partial charge is 0.486 e. The molecule has 0 saturated carbocycles. The van der Waals surface area contributed by atoms with Crippen LogP contribution in [0.1, 0.15) is 28.1 Å². The van der Waals surface area contributed by atoms with Gasteiger partial charge in [-0.15, -0.1) is 11.3 Å². The summed E-state index contributed by atoms with van der Waals surface area (Å²) in [7, 11) is 0. The van der Waals surface area contributed by atoms with Gasteiger partial charge in [-0.3, -0.25) is 9.78 Å². The molecule has 12 heteroatoms. The first-order valence-electron chi connectivity index (χ1n) is 11.6. The van der Waals surface area contributed by atoms with Crippen LogP contribution in [-0.4, -0.2) is 19.5 Å². The molecule has 0 amide bonds. The number of benzene rings is 1. The van der Waals surface area contributed by atoms with Gasteiger partial charge in [0.25, 0.3) is 5.56 Å². The fraction of sp³-hybridized carbons (Fsp3) is 0.185. The van der Waals surface area contributed by atoms with E-state index in [1.807, 2.05) is 19.1 Å². The van der Waals surface area contributed by atoms with Gasteiger partial charge in [0.2, 0.25) is 0 Å². The number of ether oxygens (including phenoxy) is 1. The normalized spacial score (nSPS) is 11.8. The minimum Gasteiger partial charge on any atom is -0.486 e. The molecule has 5 aromatic rings. The molecular formula is C27H19ClF4N4O2S. The number of fused-ring (bicyclic) bond motifs is 1. The van der Waals surface area contributed by atoms with Gasteiger partial charge in [0.05, 0.1) is 18.3 Å². The van der Waals surface area contributed by atoms with Gasteiger partial charge in [-0.1, -0.05) is 23.7 Å². The lowest BCUT2D eigenvalue weighted by Gasteiger charge is -2.17. The number of para-hydroxylation sites is 1. The molecule has 5 rings (SSSR count). The molecule has 0 radical (unpaired) electrons. The number of halogens is 5. The van der Waals surface area contributed by atoms with Crippen molar-refractivity contribution in [3.63, 3.8) is 0 Å². The number of nitrogens with zero attached hydrogens (tertiary/aromatic N) is 4. The van der Waals surface area contributed by atoms with Crippen LogP contribution >= 0.6 is 22.9 Å². The summed E-state index contributed by atoms with van der Waals surface area (Å²) >= 11 is 7.64. The van der Waals surface area contributed by atoms with Gasteiger partial charge in [0.1, 0.15) is 39.3 Å². The number of hydrogen-bond acceptors (Lipinski definition) is 6. The number of alkyl halides is 3. The molecule has 1 aromatic carbocycles. The van der Waals surface area contributed by atoms with Crippen LogP contribution in [0.5, 0.6) is 5.75 Å². The second-order valence-corrected chi connectivity index (χ2v) is 10.2. The molecule has 0 spiro atoms. The molecule has 4 heterocycles. The zero-order valence-electron chi connectivity index (χ0n) is 20.5. The van der Waals surface area contributed by atoms with Gasteiger partial charge in [-0.05, 0) is 38.1 Å². The number of thiazole rings is 1. The molecule has 0 aliphatic carbocycles. The third-order valence-corrected chi connectivity index (χ3v) is 7.25. The first-order chi connectivity index (χ1) is 18.5. The molecule has 0 aliphatic rings. The first kappa shape index (κ1) is 26.8. The number of hydrogen-bond donors (Lipinski definition) is 0. The van der Waals surface area contributed by atoms with E-state index in [1.54, 1.807) is 24.6 Å². The van der Waals surface area contributed by atoms with Crippen molar-refractivity contribution in [1.29, 1.82) is 0 Å². The maximum atomic E-state index is 15.0. The predicted octanol–water partition coefficient (Wildman–Crippen LogP) is 6.97. The fourth-order valence-electron chi connectivity index (χ4n) is 4.31. The van der Waals surface area contributed by atoms with Crippen molar-refractivity contribution in [3.8, 4) is 17.0 Å². The lowest BCUT2D eigenvalue weighted by Crippen LogP contribution is -2.29. The second kappa shape index (κ2) is 10.4. The molecule has 0 atom stereocenters. The van der Waals surface area contributed by atoms with E-state index in [0.717, 1.165) is 27.8 Å². The Kier molecular flexibility index (Phi) is 7.13. The summed E-state index contributed by atoms with van der Waals surface area (Å²) in [4.78, 5) is 25.5. The topological polar surface area (TPSA) is 69.9 Å². The van der Waals surface area contributed by atoms with E-state index in [1.165, 1.54) is 17.5 Å². The molecule has 4 aromatic heterocycles. The zero-order chi connectivity index (χ0) is 27.9. The van der Waals surface area contributed by atoms with Crippen LogP contribution in [0.2, 0.25) is 4.34 Å². The van der Waals surface area contributed by atoms with Crippen molar-refractivity contribution in [1.82, 2.24) is 19.5 Å². The van der Waals surface area contributed by atoms with Crippen LogP contribution in [0.4, 0.5) is 17.6 Å². The van der Waals surface area contributed by atoms with E-state index < -0.39 is 23.1 Å². The van der Waals surface area contributed by atoms with Gasteiger partial charge in [0, 0.05) is 39.7 Å². The summed E-state index contributed by atoms with van der Waals surface area (Å²) in [6.45, 7) is 2.80. The van der Waals surface area contributed by atoms with Crippen molar-refractivity contribution in [2.24, 2.45) is 0 Å². The lowest BCUT2D eigenvalue weighted by atomic mass is 10.0. The molecule has 6 nitrogen and oxygen atoms in total. The highest BCUT2D eigenvalue weighted by Gasteiger charge is 2.34. The maximum absolute atomic E-state index is 15.0. The fourth-order valence-corrected chi connectivity index (χ4v) is 5.10.